The molecule has 1 aromatic heterocycles. The van der Waals surface area contributed by atoms with Gasteiger partial charge in [-0.15, -0.1) is 0 Å². The van der Waals surface area contributed by atoms with Crippen LogP contribution in [0.3, 0.4) is 0 Å². The number of hydrogen-bond acceptors (Lipinski definition) is 5. The van der Waals surface area contributed by atoms with Crippen molar-refractivity contribution in [3.05, 3.63) is 47.3 Å². The standard InChI is InChI=1S/C16H20N4O2/c1-11-5-4-6-13(9-11)19-15(21)14-10-12(2)18-16(20-14)17-7-8-22-3/h4-6,9-10H,7-8H2,1-3H3,(H,19,21)(H,17,18,20). The molecule has 0 atom stereocenters. The number of aryl methyl sites for hydroxylation is 2. The van der Waals surface area contributed by atoms with E-state index in [1.54, 1.807) is 13.2 Å². The summed E-state index contributed by atoms with van der Waals surface area (Å²) < 4.78 is 4.96. The number of nitrogens with one attached hydrogen (secondary N) is 2. The summed E-state index contributed by atoms with van der Waals surface area (Å²) in [5.74, 6) is 0.164. The van der Waals surface area contributed by atoms with Crippen LogP contribution < -0.4 is 10.6 Å². The summed E-state index contributed by atoms with van der Waals surface area (Å²) in [5.41, 5.74) is 2.88. The first-order valence-electron chi connectivity index (χ1n) is 7.05. The van der Waals surface area contributed by atoms with Crippen LogP contribution in [0.5, 0.6) is 0 Å². The highest BCUT2D eigenvalue weighted by Crippen LogP contribution is 2.12. The van der Waals surface area contributed by atoms with E-state index in [0.717, 1.165) is 16.9 Å². The molecule has 2 N–H and O–H groups in total. The van der Waals surface area contributed by atoms with E-state index in [0.29, 0.717) is 24.8 Å². The topological polar surface area (TPSA) is 76.1 Å². The van der Waals surface area contributed by atoms with Crippen LogP contribution in [0.2, 0.25) is 0 Å². The van der Waals surface area contributed by atoms with Gasteiger partial charge in [-0.2, -0.15) is 0 Å². The van der Waals surface area contributed by atoms with Crippen LogP contribution in [-0.2, 0) is 4.74 Å². The minimum Gasteiger partial charge on any atom is -0.383 e. The van der Waals surface area contributed by atoms with Crippen LogP contribution in [0.4, 0.5) is 11.6 Å². The number of anilines is 2. The zero-order valence-corrected chi connectivity index (χ0v) is 13.0. The van der Waals surface area contributed by atoms with Crippen LogP contribution in [0.15, 0.2) is 30.3 Å². The van der Waals surface area contributed by atoms with Gasteiger partial charge in [-0.25, -0.2) is 9.97 Å². The summed E-state index contributed by atoms with van der Waals surface area (Å²) >= 11 is 0. The zero-order valence-electron chi connectivity index (χ0n) is 13.0. The second-order valence-electron chi connectivity index (χ2n) is 4.96. The number of carbonyl (C=O) groups excluding carboxylic acids is 1. The third-order valence-electron chi connectivity index (χ3n) is 2.95. The first kappa shape index (κ1) is 15.9. The van der Waals surface area contributed by atoms with Crippen molar-refractivity contribution in [2.24, 2.45) is 0 Å². The van der Waals surface area contributed by atoms with Gasteiger partial charge in [0.05, 0.1) is 6.61 Å². The average Bonchev–Trinajstić information content (AvgIpc) is 2.47. The van der Waals surface area contributed by atoms with E-state index in [9.17, 15) is 4.79 Å². The highest BCUT2D eigenvalue weighted by atomic mass is 16.5. The van der Waals surface area contributed by atoms with Crippen molar-refractivity contribution in [2.75, 3.05) is 30.9 Å². The largest absolute Gasteiger partial charge is 0.383 e. The van der Waals surface area contributed by atoms with Crippen molar-refractivity contribution in [3.8, 4) is 0 Å². The van der Waals surface area contributed by atoms with Gasteiger partial charge in [0.25, 0.3) is 5.91 Å². The lowest BCUT2D eigenvalue weighted by molar-refractivity contribution is 0.102. The molecule has 0 saturated carbocycles. The summed E-state index contributed by atoms with van der Waals surface area (Å²) in [6.07, 6.45) is 0. The number of ether oxygens (including phenoxy) is 1. The summed E-state index contributed by atoms with van der Waals surface area (Å²) in [7, 11) is 1.62. The Balaban J connectivity index is 2.11. The van der Waals surface area contributed by atoms with Gasteiger partial charge >= 0.3 is 0 Å². The van der Waals surface area contributed by atoms with E-state index in [1.807, 2.05) is 38.1 Å². The number of amides is 1. The smallest absolute Gasteiger partial charge is 0.274 e. The van der Waals surface area contributed by atoms with E-state index in [4.69, 9.17) is 4.74 Å². The van der Waals surface area contributed by atoms with Gasteiger partial charge < -0.3 is 15.4 Å². The minimum absolute atomic E-state index is 0.258. The molecule has 0 aliphatic heterocycles. The molecule has 0 aliphatic carbocycles. The summed E-state index contributed by atoms with van der Waals surface area (Å²) in [6.45, 7) is 4.93. The maximum absolute atomic E-state index is 12.3. The second-order valence-corrected chi connectivity index (χ2v) is 4.96. The first-order chi connectivity index (χ1) is 10.6. The lowest BCUT2D eigenvalue weighted by Crippen LogP contribution is -2.17. The van der Waals surface area contributed by atoms with Gasteiger partial charge in [0.1, 0.15) is 5.69 Å². The SMILES string of the molecule is COCCNc1nc(C)cc(C(=O)Nc2cccc(C)c2)n1. The summed E-state index contributed by atoms with van der Waals surface area (Å²) in [5, 5.41) is 5.87. The molecule has 0 unspecified atom stereocenters. The average molecular weight is 300 g/mol. The lowest BCUT2D eigenvalue weighted by atomic mass is 10.2. The van der Waals surface area contributed by atoms with Gasteiger partial charge in [0.2, 0.25) is 5.95 Å². The zero-order chi connectivity index (χ0) is 15.9. The van der Waals surface area contributed by atoms with Crippen LogP contribution in [0.25, 0.3) is 0 Å². The number of rotatable bonds is 6. The van der Waals surface area contributed by atoms with Gasteiger partial charge in [-0.05, 0) is 37.6 Å². The molecule has 0 aliphatic rings. The molecular formula is C16H20N4O2. The molecule has 0 saturated heterocycles. The normalized spacial score (nSPS) is 10.3. The number of methoxy groups -OCH3 is 1. The molecule has 0 spiro atoms. The van der Waals surface area contributed by atoms with Gasteiger partial charge in [-0.1, -0.05) is 12.1 Å². The van der Waals surface area contributed by atoms with Crippen molar-refractivity contribution < 1.29 is 9.53 Å². The van der Waals surface area contributed by atoms with Gasteiger partial charge in [0, 0.05) is 25.0 Å². The molecule has 2 rings (SSSR count). The molecule has 1 aromatic carbocycles. The Bertz CT molecular complexity index is 658. The van der Waals surface area contributed by atoms with E-state index in [2.05, 4.69) is 20.6 Å². The highest BCUT2D eigenvalue weighted by Gasteiger charge is 2.11. The Labute approximate surface area is 129 Å². The van der Waals surface area contributed by atoms with E-state index in [-0.39, 0.29) is 5.91 Å². The second kappa shape index (κ2) is 7.51. The molecule has 116 valence electrons. The fourth-order valence-corrected chi connectivity index (χ4v) is 1.95. The molecule has 0 fully saturated rings. The third-order valence-corrected chi connectivity index (χ3v) is 2.95. The van der Waals surface area contributed by atoms with Crippen LogP contribution in [0.1, 0.15) is 21.7 Å². The molecule has 1 heterocycles. The maximum Gasteiger partial charge on any atom is 0.274 e. The van der Waals surface area contributed by atoms with Crippen molar-refractivity contribution in [1.82, 2.24) is 9.97 Å². The van der Waals surface area contributed by atoms with E-state index >= 15 is 0 Å². The summed E-state index contributed by atoms with van der Waals surface area (Å²) in [6, 6.07) is 9.28. The fourth-order valence-electron chi connectivity index (χ4n) is 1.95. The van der Waals surface area contributed by atoms with Gasteiger partial charge in [0.15, 0.2) is 0 Å². The van der Waals surface area contributed by atoms with Crippen LogP contribution in [0, 0.1) is 13.8 Å². The number of nitrogens with zero attached hydrogens (tertiary/aromatic N) is 2. The third kappa shape index (κ3) is 4.53. The van der Waals surface area contributed by atoms with Crippen molar-refractivity contribution in [2.45, 2.75) is 13.8 Å². The molecule has 6 heteroatoms. The van der Waals surface area contributed by atoms with E-state index in [1.165, 1.54) is 0 Å². The Hall–Kier alpha value is -2.47. The highest BCUT2D eigenvalue weighted by molar-refractivity contribution is 6.03. The monoisotopic (exact) mass is 300 g/mol. The predicted molar refractivity (Wildman–Crippen MR) is 86.3 cm³/mol. The Morgan fingerprint density at radius 3 is 2.77 bits per heavy atom. The fraction of sp³-hybridized carbons (Fsp3) is 0.312. The van der Waals surface area contributed by atoms with E-state index < -0.39 is 0 Å². The number of aromatic nitrogens is 2. The quantitative estimate of drug-likeness (QED) is 0.801. The molecular weight excluding hydrogens is 280 g/mol. The van der Waals surface area contributed by atoms with Crippen molar-refractivity contribution >= 4 is 17.5 Å². The van der Waals surface area contributed by atoms with Crippen LogP contribution in [-0.4, -0.2) is 36.1 Å². The Morgan fingerprint density at radius 2 is 2.05 bits per heavy atom. The van der Waals surface area contributed by atoms with Crippen LogP contribution >= 0.6 is 0 Å². The molecule has 22 heavy (non-hydrogen) atoms. The molecule has 6 nitrogen and oxygen atoms in total. The predicted octanol–water partition coefficient (Wildman–Crippen LogP) is 2.40. The molecule has 0 bridgehead atoms. The van der Waals surface area contributed by atoms with Crippen molar-refractivity contribution in [1.29, 1.82) is 0 Å². The molecule has 1 amide bonds. The number of carbonyl (C=O) groups is 1. The Kier molecular flexibility index (Phi) is 5.43. The first-order valence-corrected chi connectivity index (χ1v) is 7.05. The summed E-state index contributed by atoms with van der Waals surface area (Å²) in [4.78, 5) is 20.8. The maximum atomic E-state index is 12.3. The number of benzene rings is 1. The Morgan fingerprint density at radius 1 is 1.23 bits per heavy atom. The number of hydrogen-bond donors (Lipinski definition) is 2. The van der Waals surface area contributed by atoms with Crippen molar-refractivity contribution in [3.63, 3.8) is 0 Å². The minimum atomic E-state index is -0.258. The molecule has 0 radical (unpaired) electrons. The van der Waals surface area contributed by atoms with Gasteiger partial charge in [-0.3, -0.25) is 4.79 Å². The molecule has 2 aromatic rings. The lowest BCUT2D eigenvalue weighted by Gasteiger charge is -2.09.